The minimum atomic E-state index is 0.586. The molecule has 1 unspecified atom stereocenters. The van der Waals surface area contributed by atoms with Crippen LogP contribution in [-0.4, -0.2) is 20.2 Å². The lowest BCUT2D eigenvalue weighted by Crippen LogP contribution is -2.09. The second kappa shape index (κ2) is 6.24. The fourth-order valence-electron chi connectivity index (χ4n) is 2.67. The van der Waals surface area contributed by atoms with Crippen LogP contribution in [0, 0.1) is 5.92 Å². The van der Waals surface area contributed by atoms with E-state index in [9.17, 15) is 0 Å². The summed E-state index contributed by atoms with van der Waals surface area (Å²) < 4.78 is 5.48. The molecule has 0 radical (unpaired) electrons. The molecule has 0 spiro atoms. The van der Waals surface area contributed by atoms with Gasteiger partial charge in [0.15, 0.2) is 0 Å². The van der Waals surface area contributed by atoms with Crippen LogP contribution in [0.2, 0.25) is 0 Å². The highest BCUT2D eigenvalue weighted by atomic mass is 16.5. The van der Waals surface area contributed by atoms with E-state index >= 15 is 0 Å². The van der Waals surface area contributed by atoms with Crippen LogP contribution in [0.25, 0.3) is 0 Å². The Morgan fingerprint density at radius 3 is 2.83 bits per heavy atom. The molecule has 0 aliphatic carbocycles. The standard InChI is InChI=1S/C16H25NO/c1-12(2)14-6-7-16(18-3)15(10-14)5-4-13-8-9-17-11-13/h6-7,10,12-13,17H,4-5,8-9,11H2,1-3H3. The molecule has 1 aromatic rings. The van der Waals surface area contributed by atoms with Crippen molar-refractivity contribution in [2.24, 2.45) is 5.92 Å². The highest BCUT2D eigenvalue weighted by Gasteiger charge is 2.15. The first kappa shape index (κ1) is 13.4. The van der Waals surface area contributed by atoms with Crippen molar-refractivity contribution in [1.82, 2.24) is 5.32 Å². The number of aryl methyl sites for hydroxylation is 1. The lowest BCUT2D eigenvalue weighted by Gasteiger charge is -2.14. The molecule has 0 saturated carbocycles. The molecule has 1 aromatic carbocycles. The van der Waals surface area contributed by atoms with Gasteiger partial charge < -0.3 is 10.1 Å². The lowest BCUT2D eigenvalue weighted by atomic mass is 9.94. The van der Waals surface area contributed by atoms with Crippen molar-refractivity contribution >= 4 is 0 Å². The largest absolute Gasteiger partial charge is 0.496 e. The molecule has 0 amide bonds. The molecule has 1 saturated heterocycles. The molecule has 2 nitrogen and oxygen atoms in total. The van der Waals surface area contributed by atoms with Gasteiger partial charge in [0.2, 0.25) is 0 Å². The van der Waals surface area contributed by atoms with Crippen LogP contribution in [0.4, 0.5) is 0 Å². The number of nitrogens with one attached hydrogen (secondary N) is 1. The predicted octanol–water partition coefficient (Wildman–Crippen LogP) is 3.36. The van der Waals surface area contributed by atoms with Gasteiger partial charge >= 0.3 is 0 Å². The van der Waals surface area contributed by atoms with E-state index in [1.165, 1.54) is 37.1 Å². The summed E-state index contributed by atoms with van der Waals surface area (Å²) in [6.07, 6.45) is 3.73. The van der Waals surface area contributed by atoms with Gasteiger partial charge in [0.25, 0.3) is 0 Å². The molecule has 18 heavy (non-hydrogen) atoms. The van der Waals surface area contributed by atoms with Crippen LogP contribution in [0.3, 0.4) is 0 Å². The minimum absolute atomic E-state index is 0.586. The van der Waals surface area contributed by atoms with Crippen molar-refractivity contribution in [2.45, 2.75) is 39.0 Å². The Balaban J connectivity index is 2.05. The maximum absolute atomic E-state index is 5.48. The van der Waals surface area contributed by atoms with Crippen LogP contribution in [-0.2, 0) is 6.42 Å². The summed E-state index contributed by atoms with van der Waals surface area (Å²) in [5.41, 5.74) is 2.78. The van der Waals surface area contributed by atoms with Crippen molar-refractivity contribution in [2.75, 3.05) is 20.2 Å². The summed E-state index contributed by atoms with van der Waals surface area (Å²) in [4.78, 5) is 0. The number of hydrogen-bond acceptors (Lipinski definition) is 2. The predicted molar refractivity (Wildman–Crippen MR) is 76.4 cm³/mol. The first-order valence-electron chi connectivity index (χ1n) is 7.08. The zero-order valence-corrected chi connectivity index (χ0v) is 11.8. The van der Waals surface area contributed by atoms with Crippen molar-refractivity contribution < 1.29 is 4.74 Å². The average Bonchev–Trinajstić information content (AvgIpc) is 2.89. The molecule has 1 N–H and O–H groups in total. The summed E-state index contributed by atoms with van der Waals surface area (Å²) >= 11 is 0. The second-order valence-corrected chi connectivity index (χ2v) is 5.62. The van der Waals surface area contributed by atoms with Crippen LogP contribution in [0.15, 0.2) is 18.2 Å². The Kier molecular flexibility index (Phi) is 4.65. The first-order valence-corrected chi connectivity index (χ1v) is 7.08. The van der Waals surface area contributed by atoms with Gasteiger partial charge in [-0.3, -0.25) is 0 Å². The molecular formula is C16H25NO. The summed E-state index contributed by atoms with van der Waals surface area (Å²) in [6, 6.07) is 6.63. The van der Waals surface area contributed by atoms with Gasteiger partial charge in [-0.25, -0.2) is 0 Å². The SMILES string of the molecule is COc1ccc(C(C)C)cc1CCC1CCNC1. The fourth-order valence-corrected chi connectivity index (χ4v) is 2.67. The second-order valence-electron chi connectivity index (χ2n) is 5.62. The van der Waals surface area contributed by atoms with Gasteiger partial charge in [0.05, 0.1) is 7.11 Å². The number of benzene rings is 1. The minimum Gasteiger partial charge on any atom is -0.496 e. The molecule has 1 heterocycles. The molecule has 1 aliphatic rings. The van der Waals surface area contributed by atoms with E-state index in [2.05, 4.69) is 37.4 Å². The number of rotatable bonds is 5. The first-order chi connectivity index (χ1) is 8.70. The Morgan fingerprint density at radius 1 is 1.39 bits per heavy atom. The van der Waals surface area contributed by atoms with Gasteiger partial charge in [-0.05, 0) is 61.4 Å². The summed E-state index contributed by atoms with van der Waals surface area (Å²) in [7, 11) is 1.77. The van der Waals surface area contributed by atoms with E-state index in [0.717, 1.165) is 18.1 Å². The third-order valence-corrected chi connectivity index (χ3v) is 3.96. The third kappa shape index (κ3) is 3.26. The van der Waals surface area contributed by atoms with Gasteiger partial charge in [-0.1, -0.05) is 26.0 Å². The molecule has 100 valence electrons. The normalized spacial score (nSPS) is 19.4. The van der Waals surface area contributed by atoms with Gasteiger partial charge in [-0.15, -0.1) is 0 Å². The van der Waals surface area contributed by atoms with Gasteiger partial charge in [-0.2, -0.15) is 0 Å². The zero-order chi connectivity index (χ0) is 13.0. The summed E-state index contributed by atoms with van der Waals surface area (Å²) in [5, 5.41) is 3.44. The van der Waals surface area contributed by atoms with E-state index < -0.39 is 0 Å². The monoisotopic (exact) mass is 247 g/mol. The molecule has 0 bridgehead atoms. The van der Waals surface area contributed by atoms with Crippen LogP contribution < -0.4 is 10.1 Å². The van der Waals surface area contributed by atoms with E-state index in [4.69, 9.17) is 4.74 Å². The maximum Gasteiger partial charge on any atom is 0.122 e. The zero-order valence-electron chi connectivity index (χ0n) is 11.8. The van der Waals surface area contributed by atoms with Crippen LogP contribution >= 0.6 is 0 Å². The van der Waals surface area contributed by atoms with E-state index in [1.54, 1.807) is 7.11 Å². The average molecular weight is 247 g/mol. The number of hydrogen-bond donors (Lipinski definition) is 1. The smallest absolute Gasteiger partial charge is 0.122 e. The van der Waals surface area contributed by atoms with Crippen molar-refractivity contribution in [3.8, 4) is 5.75 Å². The Labute approximate surface area is 111 Å². The summed E-state index contributed by atoms with van der Waals surface area (Å²) in [5.74, 6) is 2.48. The molecular weight excluding hydrogens is 222 g/mol. The molecule has 1 fully saturated rings. The molecule has 2 rings (SSSR count). The van der Waals surface area contributed by atoms with Crippen LogP contribution in [0.5, 0.6) is 5.75 Å². The molecule has 1 atom stereocenters. The molecule has 1 aliphatic heterocycles. The fraction of sp³-hybridized carbons (Fsp3) is 0.625. The number of methoxy groups -OCH3 is 1. The number of ether oxygens (including phenoxy) is 1. The Hall–Kier alpha value is -1.02. The van der Waals surface area contributed by atoms with Crippen molar-refractivity contribution in [3.05, 3.63) is 29.3 Å². The third-order valence-electron chi connectivity index (χ3n) is 3.96. The maximum atomic E-state index is 5.48. The van der Waals surface area contributed by atoms with E-state index in [-0.39, 0.29) is 0 Å². The van der Waals surface area contributed by atoms with Crippen molar-refractivity contribution in [1.29, 1.82) is 0 Å². The topological polar surface area (TPSA) is 21.3 Å². The van der Waals surface area contributed by atoms with Gasteiger partial charge in [0, 0.05) is 0 Å². The Bertz CT molecular complexity index is 381. The highest BCUT2D eigenvalue weighted by molar-refractivity contribution is 5.38. The Morgan fingerprint density at radius 2 is 2.22 bits per heavy atom. The molecule has 0 aromatic heterocycles. The van der Waals surface area contributed by atoms with Gasteiger partial charge in [0.1, 0.15) is 5.75 Å². The van der Waals surface area contributed by atoms with E-state index in [1.807, 2.05) is 0 Å². The lowest BCUT2D eigenvalue weighted by molar-refractivity contribution is 0.406. The quantitative estimate of drug-likeness (QED) is 0.861. The summed E-state index contributed by atoms with van der Waals surface area (Å²) in [6.45, 7) is 6.86. The van der Waals surface area contributed by atoms with Crippen LogP contribution in [0.1, 0.15) is 43.7 Å². The highest BCUT2D eigenvalue weighted by Crippen LogP contribution is 2.27. The van der Waals surface area contributed by atoms with E-state index in [0.29, 0.717) is 5.92 Å². The van der Waals surface area contributed by atoms with Crippen molar-refractivity contribution in [3.63, 3.8) is 0 Å². The molecule has 2 heteroatoms.